The first-order valence-corrected chi connectivity index (χ1v) is 8.36. The molecule has 1 amide bonds. The van der Waals surface area contributed by atoms with Crippen molar-refractivity contribution in [3.63, 3.8) is 0 Å². The Morgan fingerprint density at radius 3 is 2.38 bits per heavy atom. The minimum Gasteiger partial charge on any atom is -0.321 e. The van der Waals surface area contributed by atoms with E-state index in [4.69, 9.17) is 0 Å². The third-order valence-corrected chi connectivity index (χ3v) is 4.62. The van der Waals surface area contributed by atoms with Crippen LogP contribution in [0, 0.1) is 13.8 Å². The van der Waals surface area contributed by atoms with E-state index in [-0.39, 0.29) is 5.91 Å². The lowest BCUT2D eigenvalue weighted by Gasteiger charge is -2.07. The third-order valence-electron chi connectivity index (χ3n) is 3.62. The summed E-state index contributed by atoms with van der Waals surface area (Å²) in [5.41, 5.74) is 3.61. The first-order valence-electron chi connectivity index (χ1n) is 7.54. The Labute approximate surface area is 145 Å². The summed E-state index contributed by atoms with van der Waals surface area (Å²) in [6.45, 7) is 4.23. The van der Waals surface area contributed by atoms with Gasteiger partial charge in [-0.3, -0.25) is 9.78 Å². The first-order chi connectivity index (χ1) is 11.6. The van der Waals surface area contributed by atoms with Crippen LogP contribution in [0.3, 0.4) is 0 Å². The second-order valence-electron chi connectivity index (χ2n) is 5.42. The normalized spacial score (nSPS) is 10.4. The van der Waals surface area contributed by atoms with Gasteiger partial charge in [-0.05, 0) is 61.4 Å². The maximum Gasteiger partial charge on any atom is 0.275 e. The number of anilines is 1. The molecular weight excluding hydrogens is 318 g/mol. The summed E-state index contributed by atoms with van der Waals surface area (Å²) in [4.78, 5) is 22.2. The highest BCUT2D eigenvalue weighted by Gasteiger charge is 2.07. The monoisotopic (exact) mass is 335 g/mol. The van der Waals surface area contributed by atoms with Crippen LogP contribution in [0.4, 0.5) is 5.69 Å². The van der Waals surface area contributed by atoms with Crippen molar-refractivity contribution >= 4 is 23.4 Å². The minimum absolute atomic E-state index is 0.266. The molecule has 0 unspecified atom stereocenters. The minimum atomic E-state index is -0.266. The molecule has 0 radical (unpaired) electrons. The van der Waals surface area contributed by atoms with Crippen LogP contribution < -0.4 is 5.32 Å². The van der Waals surface area contributed by atoms with Crippen molar-refractivity contribution in [1.29, 1.82) is 0 Å². The van der Waals surface area contributed by atoms with E-state index in [1.165, 1.54) is 34.6 Å². The average Bonchev–Trinajstić information content (AvgIpc) is 2.61. The van der Waals surface area contributed by atoms with Crippen LogP contribution in [-0.4, -0.2) is 15.9 Å². The molecule has 3 rings (SSSR count). The number of rotatable bonds is 4. The number of nitrogens with zero attached hydrogens (tertiary/aromatic N) is 2. The summed E-state index contributed by atoms with van der Waals surface area (Å²) < 4.78 is 0. The number of aryl methyl sites for hydroxylation is 2. The number of amides is 1. The molecule has 3 aromatic rings. The van der Waals surface area contributed by atoms with Gasteiger partial charge < -0.3 is 5.32 Å². The van der Waals surface area contributed by atoms with Crippen molar-refractivity contribution in [2.24, 2.45) is 0 Å². The van der Waals surface area contributed by atoms with E-state index in [2.05, 4.69) is 47.3 Å². The molecular formula is C19H17N3OS. The van der Waals surface area contributed by atoms with E-state index >= 15 is 0 Å². The van der Waals surface area contributed by atoms with E-state index in [1.807, 2.05) is 24.3 Å². The van der Waals surface area contributed by atoms with E-state index in [0.29, 0.717) is 5.69 Å². The second kappa shape index (κ2) is 7.27. The molecule has 0 fully saturated rings. The van der Waals surface area contributed by atoms with Gasteiger partial charge in [0.15, 0.2) is 0 Å². The maximum atomic E-state index is 12.0. The zero-order valence-corrected chi connectivity index (χ0v) is 14.3. The summed E-state index contributed by atoms with van der Waals surface area (Å²) in [6, 6.07) is 14.2. The Balaban J connectivity index is 1.67. The van der Waals surface area contributed by atoms with Gasteiger partial charge in [-0.2, -0.15) is 0 Å². The van der Waals surface area contributed by atoms with E-state index in [1.54, 1.807) is 11.8 Å². The van der Waals surface area contributed by atoms with Gasteiger partial charge in [-0.1, -0.05) is 17.8 Å². The van der Waals surface area contributed by atoms with Crippen molar-refractivity contribution in [3.05, 3.63) is 77.9 Å². The molecule has 0 bridgehead atoms. The highest BCUT2D eigenvalue weighted by atomic mass is 32.2. The molecule has 0 saturated carbocycles. The van der Waals surface area contributed by atoms with Gasteiger partial charge in [0.1, 0.15) is 5.69 Å². The van der Waals surface area contributed by atoms with Crippen molar-refractivity contribution in [1.82, 2.24) is 9.97 Å². The van der Waals surface area contributed by atoms with Gasteiger partial charge in [0.05, 0.1) is 6.20 Å². The number of hydrogen-bond donors (Lipinski definition) is 1. The number of hydrogen-bond acceptors (Lipinski definition) is 4. The molecule has 5 heteroatoms. The zero-order chi connectivity index (χ0) is 16.9. The fourth-order valence-corrected chi connectivity index (χ4v) is 3.05. The van der Waals surface area contributed by atoms with Crippen molar-refractivity contribution < 1.29 is 4.79 Å². The smallest absolute Gasteiger partial charge is 0.275 e. The molecule has 0 aliphatic heterocycles. The summed E-state index contributed by atoms with van der Waals surface area (Å²) in [5, 5.41) is 2.82. The van der Waals surface area contributed by atoms with Gasteiger partial charge >= 0.3 is 0 Å². The number of carbonyl (C=O) groups excluding carboxylic acids is 1. The van der Waals surface area contributed by atoms with E-state index in [9.17, 15) is 4.79 Å². The number of aromatic nitrogens is 2. The van der Waals surface area contributed by atoms with Gasteiger partial charge in [0.25, 0.3) is 5.91 Å². The number of nitrogens with one attached hydrogen (secondary N) is 1. The van der Waals surface area contributed by atoms with Crippen molar-refractivity contribution in [2.45, 2.75) is 23.6 Å². The quantitative estimate of drug-likeness (QED) is 0.763. The largest absolute Gasteiger partial charge is 0.321 e. The van der Waals surface area contributed by atoms with Crippen LogP contribution in [0.15, 0.2) is 70.8 Å². The zero-order valence-electron chi connectivity index (χ0n) is 13.5. The summed E-state index contributed by atoms with van der Waals surface area (Å²) >= 11 is 1.70. The molecule has 24 heavy (non-hydrogen) atoms. The van der Waals surface area contributed by atoms with Crippen LogP contribution in [0.25, 0.3) is 0 Å². The van der Waals surface area contributed by atoms with Crippen molar-refractivity contribution in [3.8, 4) is 0 Å². The molecule has 4 nitrogen and oxygen atoms in total. The van der Waals surface area contributed by atoms with Crippen LogP contribution in [-0.2, 0) is 0 Å². The Morgan fingerprint density at radius 2 is 1.71 bits per heavy atom. The van der Waals surface area contributed by atoms with Crippen LogP contribution in [0.1, 0.15) is 21.6 Å². The van der Waals surface area contributed by atoms with E-state index < -0.39 is 0 Å². The first kappa shape index (κ1) is 16.2. The predicted octanol–water partition coefficient (Wildman–Crippen LogP) is 4.50. The molecule has 1 N–H and O–H groups in total. The highest BCUT2D eigenvalue weighted by molar-refractivity contribution is 7.99. The van der Waals surface area contributed by atoms with Gasteiger partial charge in [-0.15, -0.1) is 0 Å². The SMILES string of the molecule is Cc1ccc(Sc2ccc(NC(=O)c3cnccn3)cc2)cc1C. The van der Waals surface area contributed by atoms with Crippen molar-refractivity contribution in [2.75, 3.05) is 5.32 Å². The third kappa shape index (κ3) is 4.00. The summed E-state index contributed by atoms with van der Waals surface area (Å²) in [7, 11) is 0. The van der Waals surface area contributed by atoms with Crippen LogP contribution >= 0.6 is 11.8 Å². The number of carbonyl (C=O) groups is 1. The Hall–Kier alpha value is -2.66. The summed E-state index contributed by atoms with van der Waals surface area (Å²) in [6.07, 6.45) is 4.48. The molecule has 2 aromatic carbocycles. The topological polar surface area (TPSA) is 54.9 Å². The lowest BCUT2D eigenvalue weighted by molar-refractivity contribution is 0.102. The Kier molecular flexibility index (Phi) is 4.91. The van der Waals surface area contributed by atoms with Gasteiger partial charge in [-0.25, -0.2) is 4.98 Å². The Bertz CT molecular complexity index is 848. The van der Waals surface area contributed by atoms with Crippen LogP contribution in [0.2, 0.25) is 0 Å². The molecule has 0 saturated heterocycles. The fourth-order valence-electron chi connectivity index (χ4n) is 2.13. The van der Waals surface area contributed by atoms with Crippen LogP contribution in [0.5, 0.6) is 0 Å². The fraction of sp³-hybridized carbons (Fsp3) is 0.105. The maximum absolute atomic E-state index is 12.0. The van der Waals surface area contributed by atoms with Gasteiger partial charge in [0, 0.05) is 27.9 Å². The predicted molar refractivity (Wildman–Crippen MR) is 96.5 cm³/mol. The second-order valence-corrected chi connectivity index (χ2v) is 6.56. The molecule has 0 spiro atoms. The Morgan fingerprint density at radius 1 is 0.958 bits per heavy atom. The van der Waals surface area contributed by atoms with E-state index in [0.717, 1.165) is 10.6 Å². The lowest BCUT2D eigenvalue weighted by atomic mass is 10.1. The average molecular weight is 335 g/mol. The highest BCUT2D eigenvalue weighted by Crippen LogP contribution is 2.29. The standard InChI is InChI=1S/C19H17N3OS/c1-13-3-6-17(11-14(13)2)24-16-7-4-15(5-8-16)22-19(23)18-12-20-9-10-21-18/h3-12H,1-2H3,(H,22,23). The lowest BCUT2D eigenvalue weighted by Crippen LogP contribution is -2.13. The molecule has 0 aliphatic rings. The van der Waals surface area contributed by atoms with Gasteiger partial charge in [0.2, 0.25) is 0 Å². The molecule has 1 heterocycles. The molecule has 1 aromatic heterocycles. The molecule has 0 atom stereocenters. The number of benzene rings is 2. The molecule has 0 aliphatic carbocycles. The summed E-state index contributed by atoms with van der Waals surface area (Å²) in [5.74, 6) is -0.266. The molecule has 120 valence electrons.